The summed E-state index contributed by atoms with van der Waals surface area (Å²) < 4.78 is 2.22. The Labute approximate surface area is 403 Å². The molecule has 0 fully saturated rings. The van der Waals surface area contributed by atoms with Crippen LogP contribution in [0, 0.1) is 0 Å². The van der Waals surface area contributed by atoms with Crippen molar-refractivity contribution in [3.05, 3.63) is 142 Å². The standard InChI is InChI=1S/C55H57N6O2S.HI/c62-39(15-13-32-56-54-42-18-1-6-22-46(42)58-47-23-7-2-19-43(47)54)30-35-60-34-29-38(41-17-5-10-26-50(41)60)37-53-61(51-27-11-12-28-52(51)64-53)36-31-40(63)16-14-33-57-55-44-20-3-8-24-48(44)59-49-25-9-4-21-45(49)55;/h1,3,5-6,8,10-12,17-18,20,22,24,26-29,34,37H,2,4,7,9,13-16,19,21,23,25,30-33,35-36H2,(H,56,58)(H,57,59);1H/q+1;/p-1. The van der Waals surface area contributed by atoms with E-state index in [1.165, 1.54) is 75.2 Å². The van der Waals surface area contributed by atoms with Gasteiger partial charge in [-0.15, -0.1) is 0 Å². The molecule has 0 bridgehead atoms. The number of thioether (sulfide) groups is 1. The van der Waals surface area contributed by atoms with E-state index in [2.05, 4.69) is 136 Å². The predicted molar refractivity (Wildman–Crippen MR) is 263 cm³/mol. The molecular formula is C55H57IN6O2S. The second-order valence-corrected chi connectivity index (χ2v) is 18.7. The Kier molecular flexibility index (Phi) is 14.4. The fraction of sp³-hybridized carbons (Fsp3) is 0.327. The molecule has 10 heteroatoms. The quantitative estimate of drug-likeness (QED) is 0.0533. The summed E-state index contributed by atoms with van der Waals surface area (Å²) >= 11 is 1.76. The largest absolute Gasteiger partial charge is 1.00 e. The van der Waals surface area contributed by atoms with Gasteiger partial charge in [0, 0.05) is 89.5 Å². The number of halogens is 1. The second-order valence-electron chi connectivity index (χ2n) is 17.6. The van der Waals surface area contributed by atoms with Crippen molar-refractivity contribution in [1.29, 1.82) is 0 Å². The maximum Gasteiger partial charge on any atom is 0.213 e. The van der Waals surface area contributed by atoms with Gasteiger partial charge in [0.1, 0.15) is 11.6 Å². The minimum absolute atomic E-state index is 0. The van der Waals surface area contributed by atoms with Crippen LogP contribution in [-0.2, 0) is 41.8 Å². The Balaban J connectivity index is 0.00000533. The summed E-state index contributed by atoms with van der Waals surface area (Å²) in [5, 5.41) is 12.1. The molecule has 0 saturated heterocycles. The Hall–Kier alpha value is -5.33. The van der Waals surface area contributed by atoms with Gasteiger partial charge in [0.25, 0.3) is 0 Å². The number of hydrogen-bond acceptors (Lipinski definition) is 8. The van der Waals surface area contributed by atoms with Crippen LogP contribution in [0.3, 0.4) is 0 Å². The zero-order valence-corrected chi connectivity index (χ0v) is 40.1. The predicted octanol–water partition coefficient (Wildman–Crippen LogP) is 8.60. The van der Waals surface area contributed by atoms with Crippen LogP contribution in [0.15, 0.2) is 119 Å². The summed E-state index contributed by atoms with van der Waals surface area (Å²) in [5.74, 6) is 0.573. The minimum Gasteiger partial charge on any atom is -1.00 e. The number of nitrogens with one attached hydrogen (secondary N) is 2. The van der Waals surface area contributed by atoms with Gasteiger partial charge in [-0.2, -0.15) is 4.57 Å². The maximum absolute atomic E-state index is 13.5. The summed E-state index contributed by atoms with van der Waals surface area (Å²) in [5.41, 5.74) is 13.1. The lowest BCUT2D eigenvalue weighted by Gasteiger charge is -2.22. The maximum atomic E-state index is 13.5. The first kappa shape index (κ1) is 44.9. The highest BCUT2D eigenvalue weighted by atomic mass is 127. The van der Waals surface area contributed by atoms with Crippen LogP contribution in [0.5, 0.6) is 0 Å². The van der Waals surface area contributed by atoms with E-state index in [1.807, 2.05) is 0 Å². The van der Waals surface area contributed by atoms with E-state index in [4.69, 9.17) is 9.97 Å². The molecule has 7 aromatic rings. The van der Waals surface area contributed by atoms with Crippen LogP contribution < -0.4 is 44.1 Å². The van der Waals surface area contributed by atoms with Gasteiger partial charge in [0.05, 0.1) is 33.6 Å². The summed E-state index contributed by atoms with van der Waals surface area (Å²) in [6, 6.07) is 36.0. The highest BCUT2D eigenvalue weighted by Gasteiger charge is 2.26. The summed E-state index contributed by atoms with van der Waals surface area (Å²) in [7, 11) is 0. The molecule has 0 atom stereocenters. The summed E-state index contributed by atoms with van der Waals surface area (Å²) in [6.07, 6.45) is 17.1. The van der Waals surface area contributed by atoms with Crippen molar-refractivity contribution in [2.24, 2.45) is 0 Å². The molecule has 4 aromatic carbocycles. The number of carbonyl (C=O) groups is 2. The topological polar surface area (TPSA) is 91.1 Å². The number of ketones is 2. The highest BCUT2D eigenvalue weighted by molar-refractivity contribution is 8.03. The number of nitrogens with zero attached hydrogens (tertiary/aromatic N) is 4. The Morgan fingerprint density at radius 2 is 1.18 bits per heavy atom. The van der Waals surface area contributed by atoms with Gasteiger partial charge in [-0.25, -0.2) is 0 Å². The second kappa shape index (κ2) is 20.9. The number of aromatic nitrogens is 3. The molecule has 65 heavy (non-hydrogen) atoms. The lowest BCUT2D eigenvalue weighted by atomic mass is 9.92. The van der Waals surface area contributed by atoms with Crippen LogP contribution in [0.1, 0.15) is 92.3 Å². The van der Waals surface area contributed by atoms with Crippen molar-refractivity contribution in [2.45, 2.75) is 101 Å². The smallest absolute Gasteiger partial charge is 0.213 e. The molecule has 0 saturated carbocycles. The Bertz CT molecular complexity index is 2920. The molecule has 3 aromatic heterocycles. The van der Waals surface area contributed by atoms with Gasteiger partial charge < -0.3 is 39.5 Å². The molecule has 0 amide bonds. The van der Waals surface area contributed by atoms with Gasteiger partial charge in [0.2, 0.25) is 5.52 Å². The first-order valence-electron chi connectivity index (χ1n) is 23.6. The third kappa shape index (κ3) is 9.94. The number of fused-ring (bicyclic) bond motifs is 6. The number of aryl methyl sites for hydroxylation is 3. The Morgan fingerprint density at radius 1 is 0.631 bits per heavy atom. The average Bonchev–Trinajstić information content (AvgIpc) is 3.69. The summed E-state index contributed by atoms with van der Waals surface area (Å²) in [6.45, 7) is 2.80. The van der Waals surface area contributed by atoms with Crippen molar-refractivity contribution in [2.75, 3.05) is 35.2 Å². The molecule has 4 heterocycles. The van der Waals surface area contributed by atoms with Gasteiger partial charge in [-0.1, -0.05) is 72.4 Å². The van der Waals surface area contributed by atoms with Crippen molar-refractivity contribution < 1.29 is 38.1 Å². The van der Waals surface area contributed by atoms with E-state index in [0.717, 1.165) is 89.8 Å². The van der Waals surface area contributed by atoms with E-state index < -0.39 is 0 Å². The van der Waals surface area contributed by atoms with E-state index in [0.29, 0.717) is 38.8 Å². The molecule has 2 N–H and O–H groups in total. The molecule has 0 spiro atoms. The molecule has 332 valence electrons. The minimum atomic E-state index is 0. The van der Waals surface area contributed by atoms with Gasteiger partial charge in [-0.3, -0.25) is 19.6 Å². The molecule has 0 unspecified atom stereocenters. The third-order valence-electron chi connectivity index (χ3n) is 13.3. The van der Waals surface area contributed by atoms with Crippen LogP contribution in [-0.4, -0.2) is 41.2 Å². The van der Waals surface area contributed by atoms with Crippen molar-refractivity contribution in [1.82, 2.24) is 9.97 Å². The molecular weight excluding hydrogens is 936 g/mol. The average molecular weight is 993 g/mol. The number of para-hydroxylation sites is 4. The van der Waals surface area contributed by atoms with Gasteiger partial charge in [-0.05, 0) is 117 Å². The lowest BCUT2D eigenvalue weighted by molar-refractivity contribution is -0.670. The van der Waals surface area contributed by atoms with Crippen molar-refractivity contribution in [3.63, 3.8) is 0 Å². The van der Waals surface area contributed by atoms with Crippen LogP contribution in [0.25, 0.3) is 38.8 Å². The normalized spacial score (nSPS) is 14.8. The van der Waals surface area contributed by atoms with Crippen LogP contribution in [0.2, 0.25) is 0 Å². The van der Waals surface area contributed by atoms with Crippen LogP contribution >= 0.6 is 11.8 Å². The molecule has 1 aliphatic heterocycles. The van der Waals surface area contributed by atoms with Gasteiger partial charge >= 0.3 is 0 Å². The molecule has 10 rings (SSSR count). The van der Waals surface area contributed by atoms with E-state index >= 15 is 0 Å². The SMILES string of the molecule is O=C(CCCNc1c2c(nc3ccccc13)CCCC2)CCN1C(=Cc2cc[n+](CCC(=O)CCCNc3c4c(nc5ccccc35)CCCC4)c3ccccc23)Sc2ccccc21.[I-]. The number of pyridine rings is 3. The summed E-state index contributed by atoms with van der Waals surface area (Å²) in [4.78, 5) is 40.2. The zero-order valence-electron chi connectivity index (χ0n) is 37.1. The lowest BCUT2D eigenvalue weighted by Crippen LogP contribution is -3.00. The number of benzene rings is 4. The fourth-order valence-electron chi connectivity index (χ4n) is 10.0. The number of anilines is 3. The first-order chi connectivity index (χ1) is 31.6. The number of hydrogen-bond donors (Lipinski definition) is 2. The highest BCUT2D eigenvalue weighted by Crippen LogP contribution is 2.47. The van der Waals surface area contributed by atoms with Crippen molar-refractivity contribution >= 4 is 79.2 Å². The van der Waals surface area contributed by atoms with E-state index in [1.54, 1.807) is 11.8 Å². The number of rotatable bonds is 17. The molecule has 8 nitrogen and oxygen atoms in total. The van der Waals surface area contributed by atoms with Gasteiger partial charge in [0.15, 0.2) is 12.7 Å². The molecule has 3 aliphatic rings. The molecule has 2 aliphatic carbocycles. The fourth-order valence-corrected chi connectivity index (χ4v) is 11.2. The monoisotopic (exact) mass is 992 g/mol. The third-order valence-corrected chi connectivity index (χ3v) is 14.4. The Morgan fingerprint density at radius 3 is 1.85 bits per heavy atom. The van der Waals surface area contributed by atoms with Crippen LogP contribution in [0.4, 0.5) is 17.1 Å². The number of Topliss-reactive ketones (excluding diaryl/α,β-unsaturated/α-hetero) is 2. The van der Waals surface area contributed by atoms with Crippen molar-refractivity contribution in [3.8, 4) is 0 Å². The van der Waals surface area contributed by atoms with E-state index in [-0.39, 0.29) is 35.5 Å². The first-order valence-corrected chi connectivity index (χ1v) is 24.4. The number of carbonyl (C=O) groups excluding carboxylic acids is 2. The van der Waals surface area contributed by atoms with E-state index in [9.17, 15) is 9.59 Å². The zero-order chi connectivity index (χ0) is 43.2. The molecule has 0 radical (unpaired) electrons.